The molecule has 2 aliphatic heterocycles. The first-order valence-electron chi connectivity index (χ1n) is 9.63. The molecule has 146 valence electrons. The Kier molecular flexibility index (Phi) is 5.67. The molecular formula is C22H24ClN3OS. The number of anilines is 2. The van der Waals surface area contributed by atoms with Crippen LogP contribution in [0.5, 0.6) is 5.75 Å². The predicted molar refractivity (Wildman–Crippen MR) is 110 cm³/mol. The fourth-order valence-electron chi connectivity index (χ4n) is 3.98. The molecule has 6 heteroatoms. The highest BCUT2D eigenvalue weighted by atomic mass is 35.5. The van der Waals surface area contributed by atoms with Crippen molar-refractivity contribution in [1.82, 2.24) is 4.90 Å². The van der Waals surface area contributed by atoms with Crippen LogP contribution >= 0.6 is 11.8 Å². The molecule has 1 aromatic heterocycles. The summed E-state index contributed by atoms with van der Waals surface area (Å²) in [6, 6.07) is 14.9. The Bertz CT molecular complexity index is 1000. The van der Waals surface area contributed by atoms with Gasteiger partial charge in [0.05, 0.1) is 16.8 Å². The Hall–Kier alpha value is -1.95. The molecule has 1 saturated heterocycles. The molecule has 3 heterocycles. The summed E-state index contributed by atoms with van der Waals surface area (Å²) >= 11 is 1.82. The van der Waals surface area contributed by atoms with E-state index in [0.717, 1.165) is 24.6 Å². The van der Waals surface area contributed by atoms with Crippen LogP contribution < -0.4 is 27.0 Å². The van der Waals surface area contributed by atoms with Gasteiger partial charge in [-0.2, -0.15) is 4.57 Å². The van der Waals surface area contributed by atoms with Gasteiger partial charge in [0.1, 0.15) is 24.3 Å². The van der Waals surface area contributed by atoms with Gasteiger partial charge in [-0.3, -0.25) is 4.90 Å². The summed E-state index contributed by atoms with van der Waals surface area (Å²) in [4.78, 5) is 4.98. The molecule has 0 radical (unpaired) electrons. The Morgan fingerprint density at radius 3 is 2.79 bits per heavy atom. The molecule has 0 spiro atoms. The summed E-state index contributed by atoms with van der Waals surface area (Å²) in [5.74, 6) is 0.940. The molecule has 0 bridgehead atoms. The molecule has 0 aliphatic carbocycles. The van der Waals surface area contributed by atoms with E-state index in [0.29, 0.717) is 0 Å². The lowest BCUT2D eigenvalue weighted by Gasteiger charge is -2.22. The molecule has 2 aromatic carbocycles. The van der Waals surface area contributed by atoms with Crippen LogP contribution in [0.3, 0.4) is 0 Å². The first-order valence-corrected chi connectivity index (χ1v) is 10.4. The third-order valence-electron chi connectivity index (χ3n) is 5.42. The Morgan fingerprint density at radius 1 is 1.11 bits per heavy atom. The number of benzene rings is 2. The molecule has 28 heavy (non-hydrogen) atoms. The highest BCUT2D eigenvalue weighted by Crippen LogP contribution is 2.46. The lowest BCUT2D eigenvalue weighted by atomic mass is 10.1. The quantitative estimate of drug-likeness (QED) is 0.511. The van der Waals surface area contributed by atoms with Gasteiger partial charge in [-0.15, -0.1) is 0 Å². The number of halogens is 1. The van der Waals surface area contributed by atoms with Crippen LogP contribution in [0.15, 0.2) is 58.5 Å². The topological polar surface area (TPSA) is 28.4 Å². The third-order valence-corrected chi connectivity index (χ3v) is 6.52. The normalized spacial score (nSPS) is 15.5. The second kappa shape index (κ2) is 8.19. The standard InChI is InChI=1S/C22H23N3OS.ClH/c1-24-15-21-22(17-6-2-3-7-19(17)24)23-18-14-16(8-9-20(18)27-21)26-13-12-25-10-4-5-11-25;/h2-3,6-9,14-15H,4-5,10-13H2,1H3;1H. The smallest absolute Gasteiger partial charge is 0.214 e. The number of para-hydroxylation sites is 1. The van der Waals surface area contributed by atoms with Gasteiger partial charge in [-0.05, 0) is 44.1 Å². The van der Waals surface area contributed by atoms with Crippen molar-refractivity contribution in [3.05, 3.63) is 48.7 Å². The van der Waals surface area contributed by atoms with Crippen molar-refractivity contribution in [3.63, 3.8) is 0 Å². The number of nitrogens with one attached hydrogen (secondary N) is 1. The van der Waals surface area contributed by atoms with Crippen LogP contribution in [0.4, 0.5) is 11.4 Å². The number of aryl methyl sites for hydroxylation is 1. The Morgan fingerprint density at radius 2 is 1.93 bits per heavy atom. The van der Waals surface area contributed by atoms with Crippen LogP contribution in [0.2, 0.25) is 0 Å². The van der Waals surface area contributed by atoms with E-state index in [-0.39, 0.29) is 12.4 Å². The predicted octanol–water partition coefficient (Wildman–Crippen LogP) is 1.35. The van der Waals surface area contributed by atoms with Crippen LogP contribution in [-0.2, 0) is 7.05 Å². The number of fused-ring (bicyclic) bond motifs is 4. The molecule has 0 atom stereocenters. The van der Waals surface area contributed by atoms with Crippen molar-refractivity contribution in [2.45, 2.75) is 22.6 Å². The minimum absolute atomic E-state index is 0. The van der Waals surface area contributed by atoms with Gasteiger partial charge in [0.25, 0.3) is 0 Å². The van der Waals surface area contributed by atoms with Crippen LogP contribution in [0, 0.1) is 0 Å². The van der Waals surface area contributed by atoms with Gasteiger partial charge in [0.15, 0.2) is 6.20 Å². The molecule has 3 aromatic rings. The van der Waals surface area contributed by atoms with Gasteiger partial charge in [-0.1, -0.05) is 23.9 Å². The van der Waals surface area contributed by atoms with Crippen LogP contribution in [0.1, 0.15) is 12.8 Å². The number of nitrogens with zero attached hydrogens (tertiary/aromatic N) is 2. The maximum Gasteiger partial charge on any atom is 0.214 e. The maximum absolute atomic E-state index is 6.03. The second-order valence-electron chi connectivity index (χ2n) is 7.28. The zero-order valence-electron chi connectivity index (χ0n) is 16.0. The minimum Gasteiger partial charge on any atom is -1.00 e. The number of rotatable bonds is 4. The van der Waals surface area contributed by atoms with E-state index in [4.69, 9.17) is 4.74 Å². The molecule has 1 N–H and O–H groups in total. The number of pyridine rings is 1. The van der Waals surface area contributed by atoms with E-state index in [1.165, 1.54) is 52.3 Å². The highest BCUT2D eigenvalue weighted by molar-refractivity contribution is 7.99. The largest absolute Gasteiger partial charge is 1.00 e. The molecule has 5 rings (SSSR count). The molecule has 0 unspecified atom stereocenters. The number of hydrogen-bond donors (Lipinski definition) is 1. The first-order chi connectivity index (χ1) is 13.3. The zero-order chi connectivity index (χ0) is 18.2. The van der Waals surface area contributed by atoms with Crippen molar-refractivity contribution >= 4 is 34.0 Å². The maximum atomic E-state index is 6.03. The van der Waals surface area contributed by atoms with E-state index >= 15 is 0 Å². The Labute approximate surface area is 176 Å². The average molecular weight is 414 g/mol. The number of ether oxygens (including phenoxy) is 1. The van der Waals surface area contributed by atoms with Gasteiger partial charge >= 0.3 is 0 Å². The molecule has 4 nitrogen and oxygen atoms in total. The summed E-state index contributed by atoms with van der Waals surface area (Å²) in [5.41, 5.74) is 3.55. The Balaban J connectivity index is 0.00000192. The third kappa shape index (κ3) is 3.66. The zero-order valence-corrected chi connectivity index (χ0v) is 17.5. The molecule has 2 aliphatic rings. The van der Waals surface area contributed by atoms with E-state index in [2.05, 4.69) is 70.5 Å². The van der Waals surface area contributed by atoms with Crippen molar-refractivity contribution in [1.29, 1.82) is 0 Å². The monoisotopic (exact) mass is 413 g/mol. The molecule has 0 saturated carbocycles. The lowest BCUT2D eigenvalue weighted by molar-refractivity contribution is -0.646. The first kappa shape index (κ1) is 19.4. The van der Waals surface area contributed by atoms with Gasteiger partial charge in [-0.25, -0.2) is 0 Å². The summed E-state index contributed by atoms with van der Waals surface area (Å²) < 4.78 is 8.23. The van der Waals surface area contributed by atoms with Crippen molar-refractivity contribution in [2.24, 2.45) is 7.05 Å². The van der Waals surface area contributed by atoms with Crippen molar-refractivity contribution < 1.29 is 21.7 Å². The fourth-order valence-corrected chi connectivity index (χ4v) is 5.05. The summed E-state index contributed by atoms with van der Waals surface area (Å²) in [6.07, 6.45) is 4.86. The van der Waals surface area contributed by atoms with E-state index < -0.39 is 0 Å². The number of aromatic nitrogens is 1. The van der Waals surface area contributed by atoms with Gasteiger partial charge < -0.3 is 22.5 Å². The fraction of sp³-hybridized carbons (Fsp3) is 0.318. The number of hydrogen-bond acceptors (Lipinski definition) is 4. The van der Waals surface area contributed by atoms with E-state index in [1.54, 1.807) is 0 Å². The minimum atomic E-state index is 0. The van der Waals surface area contributed by atoms with E-state index in [1.807, 2.05) is 11.8 Å². The molecule has 0 amide bonds. The molecule has 1 fully saturated rings. The summed E-state index contributed by atoms with van der Waals surface area (Å²) in [5, 5.41) is 4.90. The lowest BCUT2D eigenvalue weighted by Crippen LogP contribution is -3.00. The van der Waals surface area contributed by atoms with Gasteiger partial charge in [0, 0.05) is 23.6 Å². The molecular weight excluding hydrogens is 390 g/mol. The average Bonchev–Trinajstić information content (AvgIpc) is 3.21. The van der Waals surface area contributed by atoms with E-state index in [9.17, 15) is 0 Å². The van der Waals surface area contributed by atoms with Crippen LogP contribution in [0.25, 0.3) is 10.9 Å². The van der Waals surface area contributed by atoms with Crippen molar-refractivity contribution in [3.8, 4) is 5.75 Å². The number of likely N-dealkylation sites (tertiary alicyclic amines) is 1. The highest BCUT2D eigenvalue weighted by Gasteiger charge is 2.23. The second-order valence-corrected chi connectivity index (χ2v) is 8.36. The summed E-state index contributed by atoms with van der Waals surface area (Å²) in [7, 11) is 2.11. The summed E-state index contributed by atoms with van der Waals surface area (Å²) in [6.45, 7) is 4.20. The van der Waals surface area contributed by atoms with Crippen molar-refractivity contribution in [2.75, 3.05) is 31.6 Å². The SMILES string of the molecule is C[n+]1cc2c(c3ccccc31)Nc1cc(OCCN3CCCC3)ccc1S2.[Cl-]. The van der Waals surface area contributed by atoms with Gasteiger partial charge in [0.2, 0.25) is 5.52 Å². The van der Waals surface area contributed by atoms with Crippen LogP contribution in [-0.4, -0.2) is 31.1 Å².